The fourth-order valence-electron chi connectivity index (χ4n) is 2.07. The van der Waals surface area contributed by atoms with Gasteiger partial charge in [-0.15, -0.1) is 0 Å². The van der Waals surface area contributed by atoms with Gasteiger partial charge in [0.1, 0.15) is 0 Å². The Hall–Kier alpha value is -3.97. The monoisotopic (exact) mass is 495 g/mol. The number of nitro groups is 2. The number of primary amides is 1. The van der Waals surface area contributed by atoms with E-state index in [2.05, 4.69) is 31.6 Å². The normalized spacial score (nSPS) is 8.94. The SMILES string of the molecule is NC=O.O.O=C(CBr)c1cccc([N+](=O)[O-])c1.O=[N+]([O-])c1cccc(-c2cnc[nH]2)c1. The van der Waals surface area contributed by atoms with Crippen molar-refractivity contribution in [3.05, 3.63) is 86.8 Å². The molecule has 1 aromatic heterocycles. The zero-order chi connectivity index (χ0) is 22.5. The van der Waals surface area contributed by atoms with Crippen LogP contribution in [0.1, 0.15) is 10.4 Å². The van der Waals surface area contributed by atoms with E-state index in [-0.39, 0.29) is 34.4 Å². The number of hydrogen-bond acceptors (Lipinski definition) is 7. The number of carbonyl (C=O) groups is 2. The van der Waals surface area contributed by atoms with Crippen LogP contribution in [-0.2, 0) is 4.79 Å². The molecule has 0 unspecified atom stereocenters. The van der Waals surface area contributed by atoms with Crippen molar-refractivity contribution < 1.29 is 24.9 Å². The highest BCUT2D eigenvalue weighted by atomic mass is 79.9. The van der Waals surface area contributed by atoms with E-state index in [9.17, 15) is 25.0 Å². The predicted molar refractivity (Wildman–Crippen MR) is 116 cm³/mol. The first kappa shape index (κ1) is 27.0. The van der Waals surface area contributed by atoms with Crippen LogP contribution in [-0.4, -0.2) is 42.8 Å². The summed E-state index contributed by atoms with van der Waals surface area (Å²) in [5.41, 5.74) is 6.07. The van der Waals surface area contributed by atoms with Gasteiger partial charge < -0.3 is 16.2 Å². The summed E-state index contributed by atoms with van der Waals surface area (Å²) in [4.78, 5) is 46.3. The minimum absolute atomic E-state index is 0. The number of halogens is 1. The molecule has 31 heavy (non-hydrogen) atoms. The minimum atomic E-state index is -0.523. The van der Waals surface area contributed by atoms with Crippen molar-refractivity contribution in [3.63, 3.8) is 0 Å². The Morgan fingerprint density at radius 3 is 2.13 bits per heavy atom. The van der Waals surface area contributed by atoms with E-state index >= 15 is 0 Å². The quantitative estimate of drug-likeness (QED) is 0.177. The standard InChI is InChI=1S/C9H7N3O2.C8H6BrNO3.CH3NO.H2O/c13-12(14)8-3-1-2-7(4-8)9-5-10-6-11-9;9-5-8(11)6-2-1-3-7(4-6)10(12)13;2-1-3;/h1-6H,(H,10,11);1-4H,5H2;1H,(H2,2,3);1H2. The second-order valence-corrected chi connectivity index (χ2v) is 5.83. The average molecular weight is 496 g/mol. The molecule has 0 spiro atoms. The van der Waals surface area contributed by atoms with E-state index in [0.717, 1.165) is 11.3 Å². The Bertz CT molecular complexity index is 1010. The van der Waals surface area contributed by atoms with Crippen molar-refractivity contribution in [2.45, 2.75) is 0 Å². The number of benzene rings is 2. The summed E-state index contributed by atoms with van der Waals surface area (Å²) in [6.07, 6.45) is 3.41. The third-order valence-electron chi connectivity index (χ3n) is 3.37. The fraction of sp³-hybridized carbons (Fsp3) is 0.0556. The van der Waals surface area contributed by atoms with E-state index in [0.29, 0.717) is 5.56 Å². The summed E-state index contributed by atoms with van der Waals surface area (Å²) in [7, 11) is 0. The summed E-state index contributed by atoms with van der Waals surface area (Å²) in [6.45, 7) is 0. The highest BCUT2D eigenvalue weighted by Crippen LogP contribution is 2.21. The Morgan fingerprint density at radius 2 is 1.65 bits per heavy atom. The van der Waals surface area contributed by atoms with E-state index < -0.39 is 9.85 Å². The molecule has 0 bridgehead atoms. The van der Waals surface area contributed by atoms with Crippen LogP contribution in [0.3, 0.4) is 0 Å². The van der Waals surface area contributed by atoms with E-state index in [1.165, 1.54) is 36.7 Å². The van der Waals surface area contributed by atoms with Gasteiger partial charge >= 0.3 is 0 Å². The molecule has 13 heteroatoms. The zero-order valence-electron chi connectivity index (χ0n) is 15.8. The number of aromatic nitrogens is 2. The van der Waals surface area contributed by atoms with Gasteiger partial charge in [0.05, 0.1) is 33.4 Å². The number of amides is 1. The highest BCUT2D eigenvalue weighted by Gasteiger charge is 2.09. The molecule has 5 N–H and O–H groups in total. The first-order valence-corrected chi connectivity index (χ1v) is 9.18. The molecule has 12 nitrogen and oxygen atoms in total. The smallest absolute Gasteiger partial charge is 0.270 e. The molecule has 0 aliphatic heterocycles. The van der Waals surface area contributed by atoms with Crippen molar-refractivity contribution in [2.75, 3.05) is 5.33 Å². The molecule has 3 rings (SSSR count). The van der Waals surface area contributed by atoms with Crippen molar-refractivity contribution in [2.24, 2.45) is 5.73 Å². The number of ketones is 1. The third kappa shape index (κ3) is 8.93. The topological polar surface area (TPSA) is 207 Å². The van der Waals surface area contributed by atoms with Crippen LogP contribution < -0.4 is 5.73 Å². The average Bonchev–Trinajstić information content (AvgIpc) is 3.29. The first-order chi connectivity index (χ1) is 14.3. The molecule has 0 saturated carbocycles. The highest BCUT2D eigenvalue weighted by molar-refractivity contribution is 9.09. The van der Waals surface area contributed by atoms with Gasteiger partial charge in [-0.05, 0) is 0 Å². The van der Waals surface area contributed by atoms with Crippen molar-refractivity contribution in [1.82, 2.24) is 9.97 Å². The van der Waals surface area contributed by atoms with Gasteiger partial charge in [0.2, 0.25) is 6.41 Å². The number of nitrogens with one attached hydrogen (secondary N) is 1. The molecule has 1 amide bonds. The van der Waals surface area contributed by atoms with Crippen molar-refractivity contribution in [1.29, 1.82) is 0 Å². The summed E-state index contributed by atoms with van der Waals surface area (Å²) >= 11 is 2.99. The lowest BCUT2D eigenvalue weighted by Crippen LogP contribution is -2.00. The lowest BCUT2D eigenvalue weighted by molar-refractivity contribution is -0.385. The number of H-pyrrole nitrogens is 1. The summed E-state index contributed by atoms with van der Waals surface area (Å²) < 4.78 is 0. The summed E-state index contributed by atoms with van der Waals surface area (Å²) in [5, 5.41) is 21.0. The van der Waals surface area contributed by atoms with Gasteiger partial charge in [0.15, 0.2) is 5.78 Å². The van der Waals surface area contributed by atoms with Crippen molar-refractivity contribution in [3.8, 4) is 11.3 Å². The number of nitrogens with zero attached hydrogens (tertiary/aromatic N) is 3. The van der Waals surface area contributed by atoms with Crippen LogP contribution in [0.25, 0.3) is 11.3 Å². The van der Waals surface area contributed by atoms with Crippen LogP contribution in [0.4, 0.5) is 11.4 Å². The molecule has 0 saturated heterocycles. The second-order valence-electron chi connectivity index (χ2n) is 5.27. The fourth-order valence-corrected chi connectivity index (χ4v) is 2.39. The summed E-state index contributed by atoms with van der Waals surface area (Å²) in [6, 6.07) is 12.1. The van der Waals surface area contributed by atoms with Gasteiger partial charge in [0, 0.05) is 35.4 Å². The van der Waals surface area contributed by atoms with Crippen LogP contribution in [0.5, 0.6) is 0 Å². The number of imidazole rings is 1. The number of aromatic amines is 1. The van der Waals surface area contributed by atoms with Crippen LogP contribution in [0.2, 0.25) is 0 Å². The molecule has 164 valence electrons. The molecule has 0 aliphatic rings. The number of carbonyl (C=O) groups excluding carboxylic acids is 2. The largest absolute Gasteiger partial charge is 0.412 e. The zero-order valence-corrected chi connectivity index (χ0v) is 17.4. The maximum absolute atomic E-state index is 11.1. The number of Topliss-reactive ketones (excluding diaryl/α,β-unsaturated/α-hetero) is 1. The number of hydrogen-bond donors (Lipinski definition) is 2. The number of non-ortho nitro benzene ring substituents is 2. The first-order valence-electron chi connectivity index (χ1n) is 8.06. The molecule has 0 radical (unpaired) electrons. The number of nitrogens with two attached hydrogens (primary N) is 1. The second kappa shape index (κ2) is 14.1. The molecule has 0 fully saturated rings. The molecular formula is C18H18BrN5O7. The molecule has 2 aromatic carbocycles. The Morgan fingerprint density at radius 1 is 1.10 bits per heavy atom. The van der Waals surface area contributed by atoms with Crippen LogP contribution in [0.15, 0.2) is 61.1 Å². The van der Waals surface area contributed by atoms with Crippen LogP contribution >= 0.6 is 15.9 Å². The molecule has 1 heterocycles. The van der Waals surface area contributed by atoms with Gasteiger partial charge in [-0.25, -0.2) is 4.98 Å². The van der Waals surface area contributed by atoms with Crippen LogP contribution in [0, 0.1) is 20.2 Å². The van der Waals surface area contributed by atoms with E-state index in [1.54, 1.807) is 24.4 Å². The molecule has 3 aromatic rings. The van der Waals surface area contributed by atoms with E-state index in [4.69, 9.17) is 4.79 Å². The molecule has 0 atom stereocenters. The van der Waals surface area contributed by atoms with E-state index in [1.807, 2.05) is 0 Å². The van der Waals surface area contributed by atoms with Gasteiger partial charge in [-0.3, -0.25) is 29.8 Å². The maximum atomic E-state index is 11.1. The summed E-state index contributed by atoms with van der Waals surface area (Å²) in [5.74, 6) is -0.163. The third-order valence-corrected chi connectivity index (χ3v) is 3.88. The molecule has 0 aliphatic carbocycles. The van der Waals surface area contributed by atoms with Gasteiger partial charge in [-0.1, -0.05) is 40.2 Å². The lowest BCUT2D eigenvalue weighted by Gasteiger charge is -1.96. The minimum Gasteiger partial charge on any atom is -0.412 e. The lowest BCUT2D eigenvalue weighted by atomic mass is 10.1. The number of rotatable bonds is 5. The number of alkyl halides is 1. The van der Waals surface area contributed by atoms with Gasteiger partial charge in [-0.2, -0.15) is 0 Å². The predicted octanol–water partition coefficient (Wildman–Crippen LogP) is 2.43. The Kier molecular flexibility index (Phi) is 12.3. The Labute approximate surface area is 183 Å². The molecular weight excluding hydrogens is 478 g/mol. The van der Waals surface area contributed by atoms with Crippen molar-refractivity contribution >= 4 is 39.5 Å². The Balaban J connectivity index is 0.000000503. The number of nitro benzene ring substituents is 2. The van der Waals surface area contributed by atoms with Gasteiger partial charge in [0.25, 0.3) is 11.4 Å². The maximum Gasteiger partial charge on any atom is 0.270 e.